The minimum absolute atomic E-state index is 0.0631. The zero-order chi connectivity index (χ0) is 20.1. The molecule has 2 aliphatic rings. The van der Waals surface area contributed by atoms with Gasteiger partial charge in [-0.2, -0.15) is 0 Å². The van der Waals surface area contributed by atoms with E-state index in [9.17, 15) is 14.7 Å². The molecule has 3 rings (SSSR count). The molecule has 1 amide bonds. The van der Waals surface area contributed by atoms with E-state index in [-0.39, 0.29) is 17.0 Å². The number of thioether (sulfide) groups is 2. The van der Waals surface area contributed by atoms with Gasteiger partial charge in [0, 0.05) is 31.0 Å². The highest BCUT2D eigenvalue weighted by atomic mass is 32.2. The van der Waals surface area contributed by atoms with Crippen molar-refractivity contribution in [3.8, 4) is 0 Å². The third-order valence-corrected chi connectivity index (χ3v) is 7.11. The Morgan fingerprint density at radius 2 is 2.32 bits per heavy atom. The molecule has 0 unspecified atom stereocenters. The van der Waals surface area contributed by atoms with Gasteiger partial charge in [0.1, 0.15) is 16.1 Å². The van der Waals surface area contributed by atoms with E-state index in [1.807, 2.05) is 0 Å². The Hall–Kier alpha value is -1.62. The van der Waals surface area contributed by atoms with Crippen LogP contribution < -0.4 is 5.32 Å². The number of carbonyl (C=O) groups is 2. The molecule has 1 fully saturated rings. The summed E-state index contributed by atoms with van der Waals surface area (Å²) in [4.78, 5) is 34.5. The second-order valence-corrected chi connectivity index (χ2v) is 8.57. The number of carbonyl (C=O) groups excluding carboxylic acids is 1. The summed E-state index contributed by atoms with van der Waals surface area (Å²) in [6.45, 7) is 2.77. The van der Waals surface area contributed by atoms with Crippen LogP contribution >= 0.6 is 23.5 Å². The maximum atomic E-state index is 12.9. The van der Waals surface area contributed by atoms with Crippen LogP contribution in [0.2, 0.25) is 0 Å². The van der Waals surface area contributed by atoms with Gasteiger partial charge in [-0.3, -0.25) is 20.0 Å². The quantitative estimate of drug-likeness (QED) is 0.252. The fourth-order valence-electron chi connectivity index (χ4n) is 3.29. The lowest BCUT2D eigenvalue weighted by atomic mass is 9.98. The average molecular weight is 425 g/mol. The molecule has 1 aromatic heterocycles. The average Bonchev–Trinajstić information content (AvgIpc) is 2.72. The van der Waals surface area contributed by atoms with Gasteiger partial charge < -0.3 is 9.84 Å². The van der Waals surface area contributed by atoms with Crippen molar-refractivity contribution in [1.29, 1.82) is 0 Å². The second kappa shape index (κ2) is 9.25. The fourth-order valence-corrected chi connectivity index (χ4v) is 5.72. The summed E-state index contributed by atoms with van der Waals surface area (Å²) in [5.41, 5.74) is -0.385. The first kappa shape index (κ1) is 21.1. The number of ether oxygens (including phenoxy) is 1. The third-order valence-electron chi connectivity index (χ3n) is 4.74. The molecule has 1 saturated heterocycles. The summed E-state index contributed by atoms with van der Waals surface area (Å²) in [6, 6.07) is 0. The number of carboxylic acid groups (broad SMARTS) is 1. The van der Waals surface area contributed by atoms with Crippen molar-refractivity contribution in [1.82, 2.24) is 20.2 Å². The van der Waals surface area contributed by atoms with E-state index in [2.05, 4.69) is 22.2 Å². The van der Waals surface area contributed by atoms with Gasteiger partial charge in [0.05, 0.1) is 6.20 Å². The molecule has 0 radical (unpaired) electrons. The lowest BCUT2D eigenvalue weighted by molar-refractivity contribution is -0.191. The minimum atomic E-state index is -1.15. The molecule has 0 saturated carbocycles. The number of amides is 1. The highest BCUT2D eigenvalue weighted by Crippen LogP contribution is 2.47. The zero-order valence-electron chi connectivity index (χ0n) is 15.9. The number of fused-ring (bicyclic) bond motifs is 1. The summed E-state index contributed by atoms with van der Waals surface area (Å²) in [5, 5.41) is 13.3. The standard InChI is InChI=1S/C18H24N4O4S2/c1-3-4-5-6-21-18(26-2)16(25)22-14(15(23)24)12(11-28-17(18)22)10-27-13-9-19-7-8-20-13/h7-9,17,21H,3-6,10-11H2,1-2H3,(H,23,24)/t17-,18+/m1/s1. The topological polar surface area (TPSA) is 105 Å². The molecular weight excluding hydrogens is 400 g/mol. The maximum Gasteiger partial charge on any atom is 0.352 e. The van der Waals surface area contributed by atoms with Crippen molar-refractivity contribution in [3.05, 3.63) is 29.9 Å². The molecule has 0 bridgehead atoms. The molecule has 2 N–H and O–H groups in total. The van der Waals surface area contributed by atoms with E-state index in [1.165, 1.54) is 35.5 Å². The van der Waals surface area contributed by atoms with E-state index < -0.39 is 11.7 Å². The number of hydrogen-bond donors (Lipinski definition) is 2. The van der Waals surface area contributed by atoms with Gasteiger partial charge in [-0.15, -0.1) is 23.5 Å². The third kappa shape index (κ3) is 3.91. The molecule has 152 valence electrons. The number of rotatable bonds is 10. The molecule has 28 heavy (non-hydrogen) atoms. The second-order valence-electron chi connectivity index (χ2n) is 6.50. The zero-order valence-corrected chi connectivity index (χ0v) is 17.5. The molecule has 3 heterocycles. The molecule has 0 aliphatic carbocycles. The Morgan fingerprint density at radius 3 is 2.96 bits per heavy atom. The van der Waals surface area contributed by atoms with Crippen molar-refractivity contribution >= 4 is 35.4 Å². The van der Waals surface area contributed by atoms with Crippen molar-refractivity contribution in [2.45, 2.75) is 42.3 Å². The first-order chi connectivity index (χ1) is 13.5. The van der Waals surface area contributed by atoms with Crippen LogP contribution in [0, 0.1) is 0 Å². The summed E-state index contributed by atoms with van der Waals surface area (Å²) in [5.74, 6) is -0.481. The van der Waals surface area contributed by atoms with E-state index in [0.29, 0.717) is 28.6 Å². The highest BCUT2D eigenvalue weighted by molar-refractivity contribution is 8.01. The maximum absolute atomic E-state index is 12.9. The largest absolute Gasteiger partial charge is 0.477 e. The number of β-lactam (4-membered cyclic amide) rings is 1. The van der Waals surface area contributed by atoms with Gasteiger partial charge in [0.2, 0.25) is 5.72 Å². The van der Waals surface area contributed by atoms with Gasteiger partial charge in [-0.25, -0.2) is 9.78 Å². The van der Waals surface area contributed by atoms with Gasteiger partial charge in [-0.1, -0.05) is 19.8 Å². The molecular formula is C18H24N4O4S2. The molecule has 1 aromatic rings. The number of carboxylic acids is 1. The first-order valence-corrected chi connectivity index (χ1v) is 11.2. The van der Waals surface area contributed by atoms with Gasteiger partial charge in [0.25, 0.3) is 5.91 Å². The van der Waals surface area contributed by atoms with Crippen LogP contribution in [-0.2, 0) is 14.3 Å². The number of aromatic nitrogens is 2. The number of hydrogen-bond acceptors (Lipinski definition) is 8. The van der Waals surface area contributed by atoms with E-state index in [0.717, 1.165) is 19.3 Å². The SMILES string of the molecule is CCCCCN[C@]1(OC)C(=O)N2C(C(=O)O)=C(CSc3cnccn3)CS[C@@H]21. The molecule has 0 aromatic carbocycles. The van der Waals surface area contributed by atoms with Crippen molar-refractivity contribution < 1.29 is 19.4 Å². The van der Waals surface area contributed by atoms with Crippen LogP contribution in [0.1, 0.15) is 26.2 Å². The number of methoxy groups -OCH3 is 1. The van der Waals surface area contributed by atoms with Crippen LogP contribution in [0.5, 0.6) is 0 Å². The van der Waals surface area contributed by atoms with Crippen LogP contribution in [0.4, 0.5) is 0 Å². The normalized spacial score (nSPS) is 24.1. The molecule has 0 spiro atoms. The lowest BCUT2D eigenvalue weighted by Gasteiger charge is -2.56. The summed E-state index contributed by atoms with van der Waals surface area (Å²) in [7, 11) is 1.49. The smallest absolute Gasteiger partial charge is 0.352 e. The Kier molecular flexibility index (Phi) is 6.97. The van der Waals surface area contributed by atoms with Gasteiger partial charge in [0.15, 0.2) is 0 Å². The van der Waals surface area contributed by atoms with Crippen molar-refractivity contribution in [2.24, 2.45) is 0 Å². The van der Waals surface area contributed by atoms with Gasteiger partial charge >= 0.3 is 5.97 Å². The highest BCUT2D eigenvalue weighted by Gasteiger charge is 2.65. The van der Waals surface area contributed by atoms with E-state index in [1.54, 1.807) is 18.6 Å². The Balaban J connectivity index is 1.76. The molecule has 2 atom stereocenters. The molecule has 8 nitrogen and oxygen atoms in total. The van der Waals surface area contributed by atoms with Crippen LogP contribution in [0.3, 0.4) is 0 Å². The predicted octanol–water partition coefficient (Wildman–Crippen LogP) is 1.94. The molecule has 10 heteroatoms. The summed E-state index contributed by atoms with van der Waals surface area (Å²) < 4.78 is 5.57. The van der Waals surface area contributed by atoms with Crippen molar-refractivity contribution in [3.63, 3.8) is 0 Å². The Labute approximate surface area is 172 Å². The van der Waals surface area contributed by atoms with E-state index in [4.69, 9.17) is 4.74 Å². The number of nitrogens with zero attached hydrogens (tertiary/aromatic N) is 3. The van der Waals surface area contributed by atoms with Crippen molar-refractivity contribution in [2.75, 3.05) is 25.2 Å². The van der Waals surface area contributed by atoms with Crippen LogP contribution in [0.15, 0.2) is 34.9 Å². The Morgan fingerprint density at radius 1 is 1.50 bits per heavy atom. The predicted molar refractivity (Wildman–Crippen MR) is 108 cm³/mol. The van der Waals surface area contributed by atoms with Gasteiger partial charge in [-0.05, 0) is 18.5 Å². The minimum Gasteiger partial charge on any atom is -0.477 e. The summed E-state index contributed by atoms with van der Waals surface area (Å²) >= 11 is 2.93. The number of unbranched alkanes of at least 4 members (excludes halogenated alkanes) is 2. The monoisotopic (exact) mass is 424 g/mol. The van der Waals surface area contributed by atoms with E-state index >= 15 is 0 Å². The van der Waals surface area contributed by atoms with Crippen LogP contribution in [0.25, 0.3) is 0 Å². The number of aliphatic carboxylic acids is 1. The lowest BCUT2D eigenvalue weighted by Crippen LogP contribution is -2.80. The number of nitrogens with one attached hydrogen (secondary N) is 1. The summed E-state index contributed by atoms with van der Waals surface area (Å²) in [6.07, 6.45) is 7.90. The molecule has 2 aliphatic heterocycles. The fraction of sp³-hybridized carbons (Fsp3) is 0.556. The Bertz CT molecular complexity index is 761. The first-order valence-electron chi connectivity index (χ1n) is 9.14. The van der Waals surface area contributed by atoms with Crippen LogP contribution in [-0.4, -0.2) is 68.1 Å².